The normalized spacial score (nSPS) is 20.0. The van der Waals surface area contributed by atoms with Gasteiger partial charge in [-0.05, 0) is 80.5 Å². The van der Waals surface area contributed by atoms with Gasteiger partial charge in [0.2, 0.25) is 0 Å². The molecular formula is C37H57NO7. The zero-order valence-corrected chi connectivity index (χ0v) is 29.0. The molecule has 252 valence electrons. The molecule has 1 saturated heterocycles. The lowest BCUT2D eigenvalue weighted by molar-refractivity contribution is -0.0175. The van der Waals surface area contributed by atoms with Crippen LogP contribution in [0, 0.1) is 23.7 Å². The molecule has 1 N–H and O–H groups in total. The predicted molar refractivity (Wildman–Crippen MR) is 178 cm³/mol. The maximum Gasteiger partial charge on any atom is 0.411 e. The van der Waals surface area contributed by atoms with Gasteiger partial charge in [-0.15, -0.1) is 0 Å². The molecule has 0 saturated carbocycles. The van der Waals surface area contributed by atoms with E-state index in [0.717, 1.165) is 17.5 Å². The van der Waals surface area contributed by atoms with Crippen LogP contribution in [0.4, 0.5) is 4.79 Å². The number of aliphatic hydroxyl groups excluding tert-OH is 1. The van der Waals surface area contributed by atoms with Crippen molar-refractivity contribution < 1.29 is 33.6 Å². The van der Waals surface area contributed by atoms with Crippen LogP contribution in [0.5, 0.6) is 11.5 Å². The molecule has 0 radical (unpaired) electrons. The first-order valence-electron chi connectivity index (χ1n) is 16.5. The molecule has 2 aromatic rings. The second-order valence-corrected chi connectivity index (χ2v) is 14.0. The van der Waals surface area contributed by atoms with E-state index >= 15 is 0 Å². The SMILES string of the molecule is COCCCOc1cc([C@H]2[C@H](C(C)C)C[C@@H]([C@@H](O)C[C@@H](COCc3ccccc3)C(C)C)N2C(=O)OC(C)(C)C)ccc1OC. The van der Waals surface area contributed by atoms with Gasteiger partial charge in [-0.2, -0.15) is 0 Å². The molecule has 8 nitrogen and oxygen atoms in total. The highest BCUT2D eigenvalue weighted by Gasteiger charge is 2.50. The van der Waals surface area contributed by atoms with Crippen LogP contribution in [0.1, 0.15) is 84.9 Å². The Morgan fingerprint density at radius 2 is 1.71 bits per heavy atom. The van der Waals surface area contributed by atoms with Crippen molar-refractivity contribution in [3.8, 4) is 11.5 Å². The van der Waals surface area contributed by atoms with Crippen molar-refractivity contribution in [3.63, 3.8) is 0 Å². The summed E-state index contributed by atoms with van der Waals surface area (Å²) in [6.45, 7) is 16.4. The van der Waals surface area contributed by atoms with Crippen molar-refractivity contribution >= 4 is 6.09 Å². The molecule has 3 rings (SSSR count). The highest BCUT2D eigenvalue weighted by molar-refractivity contribution is 5.70. The summed E-state index contributed by atoms with van der Waals surface area (Å²) in [7, 11) is 3.29. The van der Waals surface area contributed by atoms with Crippen LogP contribution >= 0.6 is 0 Å². The Kier molecular flexibility index (Phi) is 14.0. The third-order valence-corrected chi connectivity index (χ3v) is 8.69. The summed E-state index contributed by atoms with van der Waals surface area (Å²) < 4.78 is 29.0. The molecule has 8 heteroatoms. The number of amides is 1. The predicted octanol–water partition coefficient (Wildman–Crippen LogP) is 7.67. The van der Waals surface area contributed by atoms with E-state index < -0.39 is 23.8 Å². The molecule has 0 unspecified atom stereocenters. The van der Waals surface area contributed by atoms with Crippen LogP contribution in [-0.4, -0.2) is 67.9 Å². The molecule has 0 aliphatic carbocycles. The molecule has 1 aliphatic rings. The monoisotopic (exact) mass is 627 g/mol. The molecule has 1 amide bonds. The summed E-state index contributed by atoms with van der Waals surface area (Å²) >= 11 is 0. The van der Waals surface area contributed by atoms with Gasteiger partial charge in [-0.25, -0.2) is 4.79 Å². The number of aliphatic hydroxyl groups is 1. The lowest BCUT2D eigenvalue weighted by Gasteiger charge is -2.37. The fraction of sp³-hybridized carbons (Fsp3) is 0.649. The first-order chi connectivity index (χ1) is 21.4. The summed E-state index contributed by atoms with van der Waals surface area (Å²) in [5, 5.41) is 11.9. The smallest absolute Gasteiger partial charge is 0.411 e. The number of rotatable bonds is 16. The molecule has 0 aromatic heterocycles. The number of likely N-dealkylation sites (tertiary alicyclic amines) is 1. The van der Waals surface area contributed by atoms with E-state index in [1.54, 1.807) is 19.1 Å². The number of benzene rings is 2. The Labute approximate surface area is 271 Å². The van der Waals surface area contributed by atoms with Gasteiger partial charge in [0.15, 0.2) is 11.5 Å². The maximum absolute atomic E-state index is 14.0. The molecule has 5 atom stereocenters. The van der Waals surface area contributed by atoms with Crippen molar-refractivity contribution in [1.82, 2.24) is 4.90 Å². The molecule has 2 aromatic carbocycles. The molecule has 1 aliphatic heterocycles. The van der Waals surface area contributed by atoms with E-state index in [2.05, 4.69) is 39.8 Å². The average Bonchev–Trinajstić information content (AvgIpc) is 3.40. The Hall–Kier alpha value is -2.81. The molecular weight excluding hydrogens is 570 g/mol. The van der Waals surface area contributed by atoms with Crippen molar-refractivity contribution in [1.29, 1.82) is 0 Å². The summed E-state index contributed by atoms with van der Waals surface area (Å²) in [5.41, 5.74) is 1.37. The fourth-order valence-corrected chi connectivity index (χ4v) is 6.16. The summed E-state index contributed by atoms with van der Waals surface area (Å²) in [6.07, 6.45) is 0.754. The highest BCUT2D eigenvalue weighted by Crippen LogP contribution is 2.48. The molecule has 0 spiro atoms. The second kappa shape index (κ2) is 17.2. The average molecular weight is 628 g/mol. The summed E-state index contributed by atoms with van der Waals surface area (Å²) in [5.74, 6) is 2.01. The van der Waals surface area contributed by atoms with Gasteiger partial charge in [0, 0.05) is 20.1 Å². The first kappa shape index (κ1) is 36.7. The number of ether oxygens (including phenoxy) is 5. The Morgan fingerprint density at radius 3 is 2.31 bits per heavy atom. The van der Waals surface area contributed by atoms with Crippen molar-refractivity contribution in [2.45, 2.75) is 98.1 Å². The standard InChI is InChI=1S/C37H57NO7/c1-25(2)29(24-43-23-27-14-11-10-12-15-27)20-32(39)31-22-30(26(3)4)35(38(31)36(40)45-37(5,6)7)28-16-17-33(42-9)34(21-28)44-19-13-18-41-8/h10-12,14-17,21,25-26,29-32,35,39H,13,18-20,22-24H2,1-9H3/t29-,30-,31-,32-,35-/m0/s1. The van der Waals surface area contributed by atoms with Crippen molar-refractivity contribution in [3.05, 3.63) is 59.7 Å². The number of hydrogen-bond donors (Lipinski definition) is 1. The van der Waals surface area contributed by atoms with Crippen LogP contribution < -0.4 is 9.47 Å². The van der Waals surface area contributed by atoms with Gasteiger partial charge in [0.05, 0.1) is 45.1 Å². The van der Waals surface area contributed by atoms with Gasteiger partial charge < -0.3 is 28.8 Å². The zero-order chi connectivity index (χ0) is 33.1. The number of carbonyl (C=O) groups is 1. The number of methoxy groups -OCH3 is 2. The van der Waals surface area contributed by atoms with Crippen LogP contribution in [0.15, 0.2) is 48.5 Å². The molecule has 1 heterocycles. The number of nitrogens with zero attached hydrogens (tertiary/aromatic N) is 1. The van der Waals surface area contributed by atoms with Crippen molar-refractivity contribution in [2.24, 2.45) is 23.7 Å². The summed E-state index contributed by atoms with van der Waals surface area (Å²) in [6, 6.07) is 15.3. The third-order valence-electron chi connectivity index (χ3n) is 8.69. The maximum atomic E-state index is 14.0. The van der Waals surface area contributed by atoms with E-state index in [-0.39, 0.29) is 23.8 Å². The Morgan fingerprint density at radius 1 is 1.00 bits per heavy atom. The van der Waals surface area contributed by atoms with Crippen LogP contribution in [-0.2, 0) is 20.8 Å². The van der Waals surface area contributed by atoms with E-state index in [1.165, 1.54) is 0 Å². The Bertz CT molecular complexity index is 1160. The van der Waals surface area contributed by atoms with Gasteiger partial charge >= 0.3 is 6.09 Å². The molecule has 0 bridgehead atoms. The minimum atomic E-state index is -0.750. The minimum absolute atomic E-state index is 0.0961. The van der Waals surface area contributed by atoms with E-state index in [1.807, 2.05) is 57.2 Å². The Balaban J connectivity index is 1.92. The van der Waals surface area contributed by atoms with Crippen LogP contribution in [0.3, 0.4) is 0 Å². The fourth-order valence-electron chi connectivity index (χ4n) is 6.16. The van der Waals surface area contributed by atoms with Gasteiger partial charge in [0.25, 0.3) is 0 Å². The lowest BCUT2D eigenvalue weighted by Crippen LogP contribution is -2.47. The molecule has 45 heavy (non-hydrogen) atoms. The zero-order valence-electron chi connectivity index (χ0n) is 29.0. The number of hydrogen-bond acceptors (Lipinski definition) is 7. The third kappa shape index (κ3) is 10.6. The topological polar surface area (TPSA) is 86.7 Å². The van der Waals surface area contributed by atoms with E-state index in [4.69, 9.17) is 23.7 Å². The largest absolute Gasteiger partial charge is 0.493 e. The van der Waals surface area contributed by atoms with Crippen LogP contribution in [0.25, 0.3) is 0 Å². The lowest BCUT2D eigenvalue weighted by atomic mass is 9.83. The molecule has 1 fully saturated rings. The first-order valence-corrected chi connectivity index (χ1v) is 16.5. The van der Waals surface area contributed by atoms with E-state index in [0.29, 0.717) is 56.7 Å². The van der Waals surface area contributed by atoms with Crippen molar-refractivity contribution in [2.75, 3.05) is 34.0 Å². The second-order valence-electron chi connectivity index (χ2n) is 14.0. The van der Waals surface area contributed by atoms with Gasteiger partial charge in [-0.3, -0.25) is 4.90 Å². The quantitative estimate of drug-likeness (QED) is 0.191. The minimum Gasteiger partial charge on any atom is -0.493 e. The summed E-state index contributed by atoms with van der Waals surface area (Å²) in [4.78, 5) is 15.8. The highest BCUT2D eigenvalue weighted by atomic mass is 16.6. The number of carbonyl (C=O) groups excluding carboxylic acids is 1. The van der Waals surface area contributed by atoms with Gasteiger partial charge in [-0.1, -0.05) is 64.1 Å². The van der Waals surface area contributed by atoms with E-state index in [9.17, 15) is 9.90 Å². The van der Waals surface area contributed by atoms with Gasteiger partial charge in [0.1, 0.15) is 5.60 Å². The van der Waals surface area contributed by atoms with Crippen LogP contribution in [0.2, 0.25) is 0 Å².